The number of halogens is 1. The van der Waals surface area contributed by atoms with Gasteiger partial charge in [0.25, 0.3) is 0 Å². The molecule has 1 atom stereocenters. The van der Waals surface area contributed by atoms with Gasteiger partial charge in [0.1, 0.15) is 0 Å². The first-order chi connectivity index (χ1) is 11.6. The summed E-state index contributed by atoms with van der Waals surface area (Å²) in [7, 11) is 7.42. The van der Waals surface area contributed by atoms with Crippen molar-refractivity contribution in [1.29, 1.82) is 0 Å². The van der Waals surface area contributed by atoms with Crippen LogP contribution in [0.4, 0.5) is 0 Å². The zero-order chi connectivity index (χ0) is 17.9. The van der Waals surface area contributed by atoms with Crippen LogP contribution in [-0.4, -0.2) is 58.8 Å². The second-order valence-corrected chi connectivity index (χ2v) is 5.74. The van der Waals surface area contributed by atoms with Crippen LogP contribution in [-0.2, 0) is 0 Å². The van der Waals surface area contributed by atoms with Gasteiger partial charge in [0.05, 0.1) is 26.8 Å². The third kappa shape index (κ3) is 7.68. The summed E-state index contributed by atoms with van der Waals surface area (Å²) >= 11 is 0. The van der Waals surface area contributed by atoms with E-state index < -0.39 is 0 Å². The van der Waals surface area contributed by atoms with Crippen molar-refractivity contribution in [3.63, 3.8) is 0 Å². The van der Waals surface area contributed by atoms with Crippen molar-refractivity contribution in [3.8, 4) is 11.5 Å². The molecule has 144 valence electrons. The number of rotatable bonds is 9. The Morgan fingerprint density at radius 2 is 1.80 bits per heavy atom. The predicted octanol–water partition coefficient (Wildman–Crippen LogP) is 2.89. The molecule has 0 saturated heterocycles. The smallest absolute Gasteiger partial charge is 0.191 e. The highest BCUT2D eigenvalue weighted by atomic mass is 127. The van der Waals surface area contributed by atoms with E-state index in [9.17, 15) is 0 Å². The highest BCUT2D eigenvalue weighted by molar-refractivity contribution is 14.0. The molecule has 6 nitrogen and oxygen atoms in total. The molecule has 0 spiro atoms. The molecule has 0 fully saturated rings. The first kappa shape index (κ1) is 23.8. The average molecular weight is 464 g/mol. The number of methoxy groups -OCH3 is 2. The molecule has 1 aromatic rings. The number of benzene rings is 1. The Kier molecular flexibility index (Phi) is 12.4. The summed E-state index contributed by atoms with van der Waals surface area (Å²) < 4.78 is 10.7. The van der Waals surface area contributed by atoms with Gasteiger partial charge in [0.2, 0.25) is 0 Å². The quantitative estimate of drug-likeness (QED) is 0.335. The number of guanidine groups is 1. The second-order valence-electron chi connectivity index (χ2n) is 5.74. The van der Waals surface area contributed by atoms with E-state index in [4.69, 9.17) is 14.5 Å². The highest BCUT2D eigenvalue weighted by Gasteiger charge is 2.16. The molecular formula is C18H33IN4O2. The topological polar surface area (TPSA) is 58.1 Å². The molecule has 0 radical (unpaired) electrons. The first-order valence-corrected chi connectivity index (χ1v) is 8.47. The van der Waals surface area contributed by atoms with E-state index in [0.29, 0.717) is 6.54 Å². The average Bonchev–Trinajstić information content (AvgIpc) is 2.59. The molecule has 2 N–H and O–H groups in total. The van der Waals surface area contributed by atoms with Crippen LogP contribution in [0.25, 0.3) is 0 Å². The number of ether oxygens (including phenoxy) is 2. The Morgan fingerprint density at radius 1 is 1.12 bits per heavy atom. The Balaban J connectivity index is 0.00000576. The molecule has 0 heterocycles. The molecule has 0 aliphatic rings. The Labute approximate surface area is 169 Å². The lowest BCUT2D eigenvalue weighted by Crippen LogP contribution is -2.38. The number of aliphatic imine (C=N–C) groups is 1. The van der Waals surface area contributed by atoms with Crippen LogP contribution < -0.4 is 20.1 Å². The zero-order valence-corrected chi connectivity index (χ0v) is 18.6. The molecule has 1 aromatic carbocycles. The maximum Gasteiger partial charge on any atom is 0.191 e. The normalized spacial score (nSPS) is 12.4. The maximum atomic E-state index is 5.42. The van der Waals surface area contributed by atoms with Crippen molar-refractivity contribution in [1.82, 2.24) is 15.5 Å². The van der Waals surface area contributed by atoms with Gasteiger partial charge in [-0.2, -0.15) is 0 Å². The van der Waals surface area contributed by atoms with E-state index in [1.807, 2.05) is 12.1 Å². The highest BCUT2D eigenvalue weighted by Crippen LogP contribution is 2.31. The lowest BCUT2D eigenvalue weighted by atomic mass is 10.1. The molecule has 1 rings (SSSR count). The van der Waals surface area contributed by atoms with E-state index in [1.165, 1.54) is 0 Å². The third-order valence-corrected chi connectivity index (χ3v) is 3.72. The fourth-order valence-electron chi connectivity index (χ4n) is 2.39. The van der Waals surface area contributed by atoms with Crippen molar-refractivity contribution < 1.29 is 9.47 Å². The minimum absolute atomic E-state index is 0. The minimum Gasteiger partial charge on any atom is -0.493 e. The molecular weight excluding hydrogens is 431 g/mol. The molecule has 0 amide bonds. The molecule has 25 heavy (non-hydrogen) atoms. The summed E-state index contributed by atoms with van der Waals surface area (Å²) in [6, 6.07) is 6.18. The SMILES string of the molecule is CCCNC(=NCC(c1ccc(OC)c(OC)c1)N(C)C)NCC.I. The largest absolute Gasteiger partial charge is 0.493 e. The van der Waals surface area contributed by atoms with Gasteiger partial charge in [-0.25, -0.2) is 0 Å². The fraction of sp³-hybridized carbons (Fsp3) is 0.611. The van der Waals surface area contributed by atoms with Gasteiger partial charge >= 0.3 is 0 Å². The van der Waals surface area contributed by atoms with Gasteiger partial charge in [-0.15, -0.1) is 24.0 Å². The van der Waals surface area contributed by atoms with Crippen LogP contribution in [0.2, 0.25) is 0 Å². The molecule has 0 bridgehead atoms. The van der Waals surface area contributed by atoms with Crippen molar-refractivity contribution in [2.75, 3.05) is 47.9 Å². The van der Waals surface area contributed by atoms with Crippen molar-refractivity contribution in [2.24, 2.45) is 4.99 Å². The molecule has 0 aromatic heterocycles. The zero-order valence-electron chi connectivity index (χ0n) is 16.3. The monoisotopic (exact) mass is 464 g/mol. The van der Waals surface area contributed by atoms with Gasteiger partial charge < -0.3 is 25.0 Å². The standard InChI is InChI=1S/C18H32N4O2.HI/c1-7-11-20-18(19-8-2)21-13-15(22(3)4)14-9-10-16(23-5)17(12-14)24-6;/h9-10,12,15H,7-8,11,13H2,1-6H3,(H2,19,20,21);1H. The van der Waals surface area contributed by atoms with E-state index >= 15 is 0 Å². The van der Waals surface area contributed by atoms with Gasteiger partial charge in [-0.1, -0.05) is 13.0 Å². The number of likely N-dealkylation sites (N-methyl/N-ethyl adjacent to an activating group) is 1. The Morgan fingerprint density at radius 3 is 2.32 bits per heavy atom. The molecule has 0 aliphatic heterocycles. The van der Waals surface area contributed by atoms with Gasteiger partial charge in [0, 0.05) is 13.1 Å². The molecule has 0 aliphatic carbocycles. The van der Waals surface area contributed by atoms with E-state index in [1.54, 1.807) is 14.2 Å². The summed E-state index contributed by atoms with van der Waals surface area (Å²) in [5.74, 6) is 2.33. The van der Waals surface area contributed by atoms with Crippen LogP contribution in [0.15, 0.2) is 23.2 Å². The van der Waals surface area contributed by atoms with Crippen LogP contribution in [0, 0.1) is 0 Å². The van der Waals surface area contributed by atoms with Gasteiger partial charge in [-0.3, -0.25) is 4.99 Å². The molecule has 1 unspecified atom stereocenters. The summed E-state index contributed by atoms with van der Waals surface area (Å²) in [6.07, 6.45) is 1.07. The Hall–Kier alpha value is -1.22. The third-order valence-electron chi connectivity index (χ3n) is 3.72. The fourth-order valence-corrected chi connectivity index (χ4v) is 2.39. The molecule has 7 heteroatoms. The number of hydrogen-bond acceptors (Lipinski definition) is 4. The van der Waals surface area contributed by atoms with Gasteiger partial charge in [0.15, 0.2) is 17.5 Å². The van der Waals surface area contributed by atoms with E-state index in [2.05, 4.69) is 49.5 Å². The minimum atomic E-state index is 0. The van der Waals surface area contributed by atoms with Crippen LogP contribution >= 0.6 is 24.0 Å². The predicted molar refractivity (Wildman–Crippen MR) is 116 cm³/mol. The maximum absolute atomic E-state index is 5.42. The second kappa shape index (κ2) is 13.0. The van der Waals surface area contributed by atoms with Crippen molar-refractivity contribution >= 4 is 29.9 Å². The van der Waals surface area contributed by atoms with Crippen LogP contribution in [0.5, 0.6) is 11.5 Å². The summed E-state index contributed by atoms with van der Waals surface area (Å²) in [5, 5.41) is 6.61. The van der Waals surface area contributed by atoms with Gasteiger partial charge in [-0.05, 0) is 45.1 Å². The summed E-state index contributed by atoms with van der Waals surface area (Å²) in [5.41, 5.74) is 1.15. The number of nitrogens with one attached hydrogen (secondary N) is 2. The Bertz CT molecular complexity index is 524. The van der Waals surface area contributed by atoms with E-state index in [-0.39, 0.29) is 30.0 Å². The summed E-state index contributed by atoms with van der Waals surface area (Å²) in [4.78, 5) is 6.89. The number of nitrogens with zero attached hydrogens (tertiary/aromatic N) is 2. The van der Waals surface area contributed by atoms with Crippen LogP contribution in [0.1, 0.15) is 31.9 Å². The first-order valence-electron chi connectivity index (χ1n) is 8.47. The molecule has 0 saturated carbocycles. The summed E-state index contributed by atoms with van der Waals surface area (Å²) in [6.45, 7) is 6.62. The number of hydrogen-bond donors (Lipinski definition) is 2. The van der Waals surface area contributed by atoms with E-state index in [0.717, 1.165) is 42.5 Å². The van der Waals surface area contributed by atoms with Crippen molar-refractivity contribution in [2.45, 2.75) is 26.3 Å². The van der Waals surface area contributed by atoms with Crippen LogP contribution in [0.3, 0.4) is 0 Å². The van der Waals surface area contributed by atoms with Crippen molar-refractivity contribution in [3.05, 3.63) is 23.8 Å². The lowest BCUT2D eigenvalue weighted by molar-refractivity contribution is 0.303. The lowest BCUT2D eigenvalue weighted by Gasteiger charge is -2.24.